The van der Waals surface area contributed by atoms with Gasteiger partial charge in [-0.2, -0.15) is 10.2 Å². The maximum absolute atomic E-state index is 13.0. The summed E-state index contributed by atoms with van der Waals surface area (Å²) in [6.45, 7) is 1.34. The van der Waals surface area contributed by atoms with Gasteiger partial charge in [-0.05, 0) is 77.5 Å². The standard InChI is InChI=1S/C35H25N7O10S2/c1-19(43)36-22-7-9-24(10-8-22)39-41-29-18-28-21(15-31(29)53(47,48)49)14-26(17-30(28)44)38-35(46)37-25-11-12-27-20(13-25)16-32(54(50,51)52)33(34(27)45)42-40-23-5-3-2-4-6-23/h2-18H,1H3,(H5-4,36,37,38,39,40,41,42,43,44,45,46,47,48,49,50,51,52)/q-2. The van der Waals surface area contributed by atoms with Gasteiger partial charge in [0.15, 0.2) is 21.2 Å². The van der Waals surface area contributed by atoms with E-state index in [4.69, 9.17) is 0 Å². The Kier molecular flexibility index (Phi) is 10.3. The van der Waals surface area contributed by atoms with Crippen molar-refractivity contribution in [3.8, 4) is 11.5 Å². The molecule has 274 valence electrons. The first-order valence-corrected chi connectivity index (χ1v) is 18.2. The second kappa shape index (κ2) is 14.9. The van der Waals surface area contributed by atoms with Crippen LogP contribution < -0.4 is 16.0 Å². The Bertz CT molecular complexity index is 2610. The Labute approximate surface area is 307 Å². The van der Waals surface area contributed by atoms with Gasteiger partial charge in [0.05, 0.1) is 11.4 Å². The van der Waals surface area contributed by atoms with Crippen molar-refractivity contribution >= 4 is 94.3 Å². The lowest BCUT2D eigenvalue weighted by Gasteiger charge is -2.20. The van der Waals surface area contributed by atoms with Crippen LogP contribution in [0.25, 0.3) is 21.5 Å². The van der Waals surface area contributed by atoms with E-state index >= 15 is 0 Å². The van der Waals surface area contributed by atoms with Crippen molar-refractivity contribution in [1.29, 1.82) is 0 Å². The van der Waals surface area contributed by atoms with Crippen LogP contribution in [0.4, 0.5) is 44.6 Å². The highest BCUT2D eigenvalue weighted by atomic mass is 32.3. The van der Waals surface area contributed by atoms with Crippen LogP contribution in [-0.4, -0.2) is 40.4 Å². The number of benzene rings is 6. The first-order chi connectivity index (χ1) is 25.5. The highest BCUT2D eigenvalue weighted by Crippen LogP contribution is 2.43. The molecular formula is C35H25N7O10S2-2. The fourth-order valence-electron chi connectivity index (χ4n) is 5.25. The molecule has 0 aliphatic rings. The molecule has 19 heteroatoms. The van der Waals surface area contributed by atoms with Gasteiger partial charge in [-0.3, -0.25) is 4.79 Å². The molecule has 0 aromatic heterocycles. The fourth-order valence-corrected chi connectivity index (χ4v) is 6.52. The number of nitrogens with zero attached hydrogens (tertiary/aromatic N) is 4. The summed E-state index contributed by atoms with van der Waals surface area (Å²) in [5.74, 6) is -1.33. The zero-order valence-corrected chi connectivity index (χ0v) is 29.2. The number of anilines is 3. The molecule has 0 saturated carbocycles. The van der Waals surface area contributed by atoms with Gasteiger partial charge in [-0.15, -0.1) is 18.6 Å². The Morgan fingerprint density at radius 1 is 0.593 bits per heavy atom. The summed E-state index contributed by atoms with van der Waals surface area (Å²) in [7, 11) is -10.3. The summed E-state index contributed by atoms with van der Waals surface area (Å²) in [6, 6.07) is 23.0. The number of hydrogen-bond donors (Lipinski definition) is 5. The van der Waals surface area contributed by atoms with Crippen molar-refractivity contribution in [2.24, 2.45) is 20.5 Å². The predicted octanol–water partition coefficient (Wildman–Crippen LogP) is 8.08. The Hall–Kier alpha value is -6.48. The number of urea groups is 1. The quantitative estimate of drug-likeness (QED) is 0.0696. The number of amides is 3. The van der Waals surface area contributed by atoms with Crippen LogP contribution in [0.2, 0.25) is 0 Å². The molecule has 6 aromatic rings. The molecule has 0 aliphatic heterocycles. The van der Waals surface area contributed by atoms with E-state index in [0.717, 1.165) is 24.3 Å². The molecule has 17 nitrogen and oxygen atoms in total. The Balaban J connectivity index is 1.25. The predicted molar refractivity (Wildman–Crippen MR) is 195 cm³/mol. The van der Waals surface area contributed by atoms with Crippen LogP contribution >= 0.6 is 0 Å². The largest absolute Gasteiger partial charge is 0.612 e. The minimum absolute atomic E-state index is 0.0213. The average molecular weight is 768 g/mol. The Morgan fingerprint density at radius 2 is 1.17 bits per heavy atom. The van der Waals surface area contributed by atoms with Gasteiger partial charge >= 0.3 is 6.03 Å². The number of rotatable bonds is 9. The van der Waals surface area contributed by atoms with Gasteiger partial charge in [0.2, 0.25) is 5.91 Å². The van der Waals surface area contributed by atoms with Crippen LogP contribution in [0.3, 0.4) is 0 Å². The minimum atomic E-state index is -5.15. The smallest absolute Gasteiger partial charge is 0.323 e. The van der Waals surface area contributed by atoms with E-state index in [1.165, 1.54) is 55.5 Å². The van der Waals surface area contributed by atoms with Crippen molar-refractivity contribution in [1.82, 2.24) is 0 Å². The Morgan fingerprint density at radius 3 is 1.83 bits per heavy atom. The minimum Gasteiger partial charge on any atom is -0.612 e. The highest BCUT2D eigenvalue weighted by molar-refractivity contribution is 7.92. The molecule has 0 aliphatic carbocycles. The van der Waals surface area contributed by atoms with Gasteiger partial charge in [0.25, 0.3) is 0 Å². The first kappa shape index (κ1) is 37.3. The molecule has 0 fully saturated rings. The topological polar surface area (TPSA) is 287 Å². The van der Waals surface area contributed by atoms with Crippen molar-refractivity contribution in [3.63, 3.8) is 0 Å². The molecule has 0 spiro atoms. The molecule has 0 saturated heterocycles. The summed E-state index contributed by atoms with van der Waals surface area (Å²) >= 11 is 0. The summed E-state index contributed by atoms with van der Waals surface area (Å²) < 4.78 is 73.0. The molecule has 6 rings (SSSR count). The van der Waals surface area contributed by atoms with Crippen LogP contribution in [0, 0.1) is 0 Å². The van der Waals surface area contributed by atoms with E-state index < -0.39 is 54.0 Å². The molecule has 0 unspecified atom stereocenters. The van der Waals surface area contributed by atoms with E-state index in [1.54, 1.807) is 30.3 Å². The molecule has 6 aromatic carbocycles. The fraction of sp³-hybridized carbons (Fsp3) is 0.0286. The number of carbonyl (C=O) groups excluding carboxylic acids is 2. The van der Waals surface area contributed by atoms with Gasteiger partial charge in [0.1, 0.15) is 11.4 Å². The van der Waals surface area contributed by atoms with E-state index in [0.29, 0.717) is 11.4 Å². The number of phenols is 2. The third-order valence-electron chi connectivity index (χ3n) is 7.60. The van der Waals surface area contributed by atoms with Crippen molar-refractivity contribution in [3.05, 3.63) is 103 Å². The SMILES string of the molecule is CC(=O)Nc1ccc(N=Nc2cc3c(O)cc(NC(=O)Nc4ccc5c(O)c(N=Nc6ccccc6)c([S+](=O)([O-])[O-])cc5c4)cc3cc2[S+](=O)([O-])[O-])cc1. The van der Waals surface area contributed by atoms with Crippen LogP contribution in [-0.2, 0) is 34.2 Å². The second-order valence-corrected chi connectivity index (χ2v) is 14.2. The number of nitrogens with one attached hydrogen (secondary N) is 3. The van der Waals surface area contributed by atoms with E-state index in [1.807, 2.05) is 0 Å². The van der Waals surface area contributed by atoms with Crippen molar-refractivity contribution in [2.75, 3.05) is 16.0 Å². The number of azo groups is 2. The molecule has 0 atom stereocenters. The summed E-state index contributed by atoms with van der Waals surface area (Å²) in [4.78, 5) is 22.6. The van der Waals surface area contributed by atoms with Crippen LogP contribution in [0.1, 0.15) is 6.92 Å². The third kappa shape index (κ3) is 8.58. The van der Waals surface area contributed by atoms with Crippen LogP contribution in [0.5, 0.6) is 11.5 Å². The van der Waals surface area contributed by atoms with E-state index in [9.17, 15) is 46.4 Å². The maximum atomic E-state index is 13.0. The van der Waals surface area contributed by atoms with Crippen molar-refractivity contribution < 1.29 is 46.4 Å². The number of fused-ring (bicyclic) bond motifs is 2. The molecule has 3 amide bonds. The third-order valence-corrected chi connectivity index (χ3v) is 9.31. The van der Waals surface area contributed by atoms with Gasteiger partial charge in [0, 0.05) is 73.9 Å². The lowest BCUT2D eigenvalue weighted by atomic mass is 10.1. The van der Waals surface area contributed by atoms with Crippen molar-refractivity contribution in [2.45, 2.75) is 16.7 Å². The average Bonchev–Trinajstić information content (AvgIpc) is 3.10. The number of phenolic OH excluding ortho intramolecular Hbond substituents is 2. The lowest BCUT2D eigenvalue weighted by Crippen LogP contribution is -2.19. The van der Waals surface area contributed by atoms with Gasteiger partial charge in [-0.25, -0.2) is 4.79 Å². The summed E-state index contributed by atoms with van der Waals surface area (Å²) in [6.07, 6.45) is 0. The molecule has 0 radical (unpaired) electrons. The van der Waals surface area contributed by atoms with Crippen LogP contribution in [0.15, 0.2) is 133 Å². The molecule has 54 heavy (non-hydrogen) atoms. The first-order valence-electron chi connectivity index (χ1n) is 15.4. The number of carbonyl (C=O) groups is 2. The summed E-state index contributed by atoms with van der Waals surface area (Å²) in [5, 5.41) is 45.1. The van der Waals surface area contributed by atoms with Gasteiger partial charge < -0.3 is 44.4 Å². The summed E-state index contributed by atoms with van der Waals surface area (Å²) in [5.41, 5.74) is 0.238. The highest BCUT2D eigenvalue weighted by Gasteiger charge is 2.23. The van der Waals surface area contributed by atoms with E-state index in [-0.39, 0.29) is 50.2 Å². The molecular weight excluding hydrogens is 743 g/mol. The zero-order valence-electron chi connectivity index (χ0n) is 27.6. The number of aromatic hydroxyl groups is 2. The lowest BCUT2D eigenvalue weighted by molar-refractivity contribution is -0.114. The number of hydrogen-bond acceptors (Lipinski definition) is 14. The van der Waals surface area contributed by atoms with E-state index in [2.05, 4.69) is 36.4 Å². The molecule has 0 heterocycles. The zero-order chi connectivity index (χ0) is 38.8. The molecule has 0 bridgehead atoms. The second-order valence-electron chi connectivity index (χ2n) is 11.5. The normalized spacial score (nSPS) is 12.1. The molecule has 5 N–H and O–H groups in total. The van der Waals surface area contributed by atoms with Gasteiger partial charge in [-0.1, -0.05) is 18.2 Å². The maximum Gasteiger partial charge on any atom is 0.323 e. The monoisotopic (exact) mass is 767 g/mol.